The van der Waals surface area contributed by atoms with E-state index in [4.69, 9.17) is 10.5 Å². The summed E-state index contributed by atoms with van der Waals surface area (Å²) in [6, 6.07) is 16.9. The van der Waals surface area contributed by atoms with E-state index in [9.17, 15) is 4.79 Å². The number of benzene rings is 2. The molecular weight excluding hydrogens is 388 g/mol. The second kappa shape index (κ2) is 7.78. The van der Waals surface area contributed by atoms with Gasteiger partial charge in [-0.25, -0.2) is 4.68 Å². The van der Waals surface area contributed by atoms with Crippen LogP contribution in [0, 0.1) is 11.8 Å². The van der Waals surface area contributed by atoms with Crippen LogP contribution >= 0.6 is 0 Å². The van der Waals surface area contributed by atoms with Crippen LogP contribution in [0.5, 0.6) is 5.88 Å². The molecule has 0 amide bonds. The number of hydrogen-bond donors (Lipinski definition) is 1. The average molecular weight is 410 g/mol. The van der Waals surface area contributed by atoms with Crippen molar-refractivity contribution in [3.8, 4) is 23.4 Å². The Labute approximate surface area is 179 Å². The number of ether oxygens (including phenoxy) is 1. The second-order valence-corrected chi connectivity index (χ2v) is 7.64. The van der Waals surface area contributed by atoms with E-state index in [0.717, 1.165) is 35.3 Å². The molecule has 1 aliphatic heterocycles. The molecule has 0 bridgehead atoms. The molecule has 5 rings (SSSR count). The van der Waals surface area contributed by atoms with Crippen LogP contribution < -0.4 is 16.0 Å². The molecule has 0 saturated carbocycles. The summed E-state index contributed by atoms with van der Waals surface area (Å²) in [6.45, 7) is 3.37. The van der Waals surface area contributed by atoms with Crippen molar-refractivity contribution in [1.82, 2.24) is 14.3 Å². The van der Waals surface area contributed by atoms with E-state index < -0.39 is 0 Å². The third-order valence-electron chi connectivity index (χ3n) is 5.43. The van der Waals surface area contributed by atoms with E-state index in [2.05, 4.69) is 16.9 Å². The molecule has 6 nitrogen and oxygen atoms in total. The van der Waals surface area contributed by atoms with Gasteiger partial charge in [0.05, 0.1) is 18.2 Å². The Morgan fingerprint density at radius 1 is 1.10 bits per heavy atom. The Morgan fingerprint density at radius 2 is 1.90 bits per heavy atom. The summed E-state index contributed by atoms with van der Waals surface area (Å²) in [7, 11) is 0. The smallest absolute Gasteiger partial charge is 0.264 e. The number of para-hydroxylation sites is 1. The van der Waals surface area contributed by atoms with Gasteiger partial charge in [0.15, 0.2) is 0 Å². The third-order valence-corrected chi connectivity index (χ3v) is 5.43. The molecule has 0 fully saturated rings. The first kappa shape index (κ1) is 19.2. The molecule has 154 valence electrons. The monoisotopic (exact) mass is 410 g/mol. The zero-order valence-electron chi connectivity index (χ0n) is 17.2. The van der Waals surface area contributed by atoms with Crippen LogP contribution in [0.4, 0.5) is 0 Å². The van der Waals surface area contributed by atoms with Crippen LogP contribution in [0.15, 0.2) is 65.6 Å². The Hall–Kier alpha value is -3.82. The maximum Gasteiger partial charge on any atom is 0.264 e. The molecule has 3 heterocycles. The maximum absolute atomic E-state index is 13.7. The lowest BCUT2D eigenvalue weighted by molar-refractivity contribution is 0.230. The zero-order chi connectivity index (χ0) is 21.4. The molecule has 0 unspecified atom stereocenters. The van der Waals surface area contributed by atoms with Crippen LogP contribution in [0.25, 0.3) is 16.5 Å². The third kappa shape index (κ3) is 3.39. The molecule has 31 heavy (non-hydrogen) atoms. The van der Waals surface area contributed by atoms with Gasteiger partial charge < -0.3 is 10.5 Å². The van der Waals surface area contributed by atoms with Crippen molar-refractivity contribution in [2.24, 2.45) is 5.73 Å². The van der Waals surface area contributed by atoms with Crippen molar-refractivity contribution in [2.75, 3.05) is 6.61 Å². The summed E-state index contributed by atoms with van der Waals surface area (Å²) in [5, 5.41) is 5.74. The SMILES string of the molecule is C[C@H](N)c1cc2cccc(C#Cc3cnn4c3OCCC4)c2c(=O)n1-c1ccccc1. The molecule has 2 N–H and O–H groups in total. The van der Waals surface area contributed by atoms with Crippen molar-refractivity contribution < 1.29 is 4.74 Å². The first-order valence-electron chi connectivity index (χ1n) is 10.3. The summed E-state index contributed by atoms with van der Waals surface area (Å²) < 4.78 is 9.24. The maximum atomic E-state index is 13.7. The first-order chi connectivity index (χ1) is 15.1. The number of aromatic nitrogens is 3. The van der Waals surface area contributed by atoms with Gasteiger partial charge in [-0.2, -0.15) is 5.10 Å². The van der Waals surface area contributed by atoms with Crippen LogP contribution in [-0.2, 0) is 6.54 Å². The summed E-state index contributed by atoms with van der Waals surface area (Å²) >= 11 is 0. The van der Waals surface area contributed by atoms with E-state index in [1.807, 2.05) is 66.2 Å². The van der Waals surface area contributed by atoms with Gasteiger partial charge in [-0.15, -0.1) is 0 Å². The first-order valence-corrected chi connectivity index (χ1v) is 10.3. The van der Waals surface area contributed by atoms with Crippen LogP contribution in [0.1, 0.15) is 36.2 Å². The van der Waals surface area contributed by atoms with Crippen molar-refractivity contribution in [3.05, 3.63) is 88.0 Å². The van der Waals surface area contributed by atoms with Crippen LogP contribution in [-0.4, -0.2) is 21.0 Å². The topological polar surface area (TPSA) is 75.1 Å². The standard InChI is InChI=1S/C25H22N4O2/c1-17(26)22-15-19-8-5-7-18(11-12-20-16-27-28-13-6-14-31-25(20)28)23(19)24(30)29(22)21-9-3-2-4-10-21/h2-5,7-10,15-17H,6,13-14,26H2,1H3/t17-/m0/s1. The predicted octanol–water partition coefficient (Wildman–Crippen LogP) is 3.39. The Morgan fingerprint density at radius 3 is 2.71 bits per heavy atom. The van der Waals surface area contributed by atoms with E-state index >= 15 is 0 Å². The number of rotatable bonds is 2. The quantitative estimate of drug-likeness (QED) is 0.514. The van der Waals surface area contributed by atoms with Crippen LogP contribution in [0.3, 0.4) is 0 Å². The van der Waals surface area contributed by atoms with Gasteiger partial charge in [0, 0.05) is 36.0 Å². The summed E-state index contributed by atoms with van der Waals surface area (Å²) in [4.78, 5) is 13.7. The molecule has 6 heteroatoms. The highest BCUT2D eigenvalue weighted by Crippen LogP contribution is 2.24. The lowest BCUT2D eigenvalue weighted by atomic mass is 10.0. The molecule has 0 spiro atoms. The van der Waals surface area contributed by atoms with E-state index in [1.54, 1.807) is 10.8 Å². The molecular formula is C25H22N4O2. The number of pyridine rings is 1. The average Bonchev–Trinajstić information content (AvgIpc) is 3.21. The van der Waals surface area contributed by atoms with Crippen molar-refractivity contribution in [3.63, 3.8) is 0 Å². The van der Waals surface area contributed by atoms with Gasteiger partial charge in [-0.1, -0.05) is 42.2 Å². The number of fused-ring (bicyclic) bond motifs is 2. The largest absolute Gasteiger partial charge is 0.477 e. The summed E-state index contributed by atoms with van der Waals surface area (Å²) in [5.41, 5.74) is 9.03. The summed E-state index contributed by atoms with van der Waals surface area (Å²) in [6.07, 6.45) is 2.65. The Balaban J connectivity index is 1.71. The number of nitrogens with two attached hydrogens (primary N) is 1. The minimum atomic E-state index is -0.303. The number of hydrogen-bond acceptors (Lipinski definition) is 4. The molecule has 0 radical (unpaired) electrons. The van der Waals surface area contributed by atoms with Gasteiger partial charge in [-0.05, 0) is 36.6 Å². The molecule has 2 aromatic heterocycles. The van der Waals surface area contributed by atoms with E-state index in [-0.39, 0.29) is 11.6 Å². The Bertz CT molecular complexity index is 1390. The van der Waals surface area contributed by atoms with E-state index in [1.165, 1.54) is 0 Å². The van der Waals surface area contributed by atoms with Crippen molar-refractivity contribution in [1.29, 1.82) is 0 Å². The minimum absolute atomic E-state index is 0.130. The molecule has 1 aliphatic rings. The fourth-order valence-electron chi connectivity index (χ4n) is 3.95. The normalized spacial score (nSPS) is 13.7. The highest BCUT2D eigenvalue weighted by Gasteiger charge is 2.17. The lowest BCUT2D eigenvalue weighted by Crippen LogP contribution is -2.26. The van der Waals surface area contributed by atoms with Crippen molar-refractivity contribution >= 4 is 10.8 Å². The Kier molecular flexibility index (Phi) is 4.81. The van der Waals surface area contributed by atoms with Crippen LogP contribution in [0.2, 0.25) is 0 Å². The van der Waals surface area contributed by atoms with Gasteiger partial charge in [0.25, 0.3) is 5.56 Å². The zero-order valence-corrected chi connectivity index (χ0v) is 17.2. The van der Waals surface area contributed by atoms with Gasteiger partial charge >= 0.3 is 0 Å². The fraction of sp³-hybridized carbons (Fsp3) is 0.200. The van der Waals surface area contributed by atoms with Gasteiger partial charge in [0.2, 0.25) is 5.88 Å². The fourth-order valence-corrected chi connectivity index (χ4v) is 3.95. The van der Waals surface area contributed by atoms with Gasteiger partial charge in [-0.3, -0.25) is 9.36 Å². The molecule has 0 saturated heterocycles. The van der Waals surface area contributed by atoms with E-state index in [0.29, 0.717) is 23.4 Å². The molecule has 4 aromatic rings. The number of nitrogens with zero attached hydrogens (tertiary/aromatic N) is 3. The molecule has 1 atom stereocenters. The van der Waals surface area contributed by atoms with Gasteiger partial charge in [0.1, 0.15) is 5.56 Å². The summed E-state index contributed by atoms with van der Waals surface area (Å²) in [5.74, 6) is 7.03. The second-order valence-electron chi connectivity index (χ2n) is 7.64. The lowest BCUT2D eigenvalue weighted by Gasteiger charge is -2.17. The highest BCUT2D eigenvalue weighted by molar-refractivity contribution is 5.88. The van der Waals surface area contributed by atoms with Crippen molar-refractivity contribution in [2.45, 2.75) is 25.9 Å². The predicted molar refractivity (Wildman–Crippen MR) is 120 cm³/mol. The number of aryl methyl sites for hydroxylation is 1. The highest BCUT2D eigenvalue weighted by atomic mass is 16.5. The molecule has 0 aliphatic carbocycles. The molecule has 2 aromatic carbocycles. The minimum Gasteiger partial charge on any atom is -0.477 e.